The molecule has 2 bridgehead atoms. The van der Waals surface area contributed by atoms with E-state index in [1.807, 2.05) is 36.4 Å². The minimum Gasteiger partial charge on any atom is -0.508 e. The summed E-state index contributed by atoms with van der Waals surface area (Å²) in [5.74, 6) is 1.45. The number of aromatic hydroxyl groups is 1. The van der Waals surface area contributed by atoms with Gasteiger partial charge in [-0.1, -0.05) is 36.4 Å². The molecule has 8 nitrogen and oxygen atoms in total. The van der Waals surface area contributed by atoms with Crippen LogP contribution >= 0.6 is 0 Å². The highest BCUT2D eigenvalue weighted by Gasteiger charge is 2.73. The lowest BCUT2D eigenvalue weighted by Gasteiger charge is -2.62. The number of piperidine rings is 1. The number of phenolic OH excluding ortho intramolecular Hbond substituents is 1. The van der Waals surface area contributed by atoms with Gasteiger partial charge >= 0.3 is 0 Å². The highest BCUT2D eigenvalue weighted by molar-refractivity contribution is 6.05. The summed E-state index contributed by atoms with van der Waals surface area (Å²) in [4.78, 5) is 16.2. The zero-order valence-corrected chi connectivity index (χ0v) is 22.3. The second-order valence-electron chi connectivity index (χ2n) is 12.2. The second kappa shape index (κ2) is 8.15. The Bertz CT molecular complexity index is 1590. The fourth-order valence-corrected chi connectivity index (χ4v) is 7.92. The number of hydrogen-bond acceptors (Lipinski definition) is 7. The average Bonchev–Trinajstić information content (AvgIpc) is 3.58. The van der Waals surface area contributed by atoms with Crippen LogP contribution in [0.3, 0.4) is 0 Å². The van der Waals surface area contributed by atoms with Crippen molar-refractivity contribution in [3.05, 3.63) is 76.8 Å². The van der Waals surface area contributed by atoms with E-state index in [-0.39, 0.29) is 29.5 Å². The molecule has 4 atom stereocenters. The van der Waals surface area contributed by atoms with E-state index in [1.165, 1.54) is 12.8 Å². The Morgan fingerprint density at radius 1 is 1.15 bits per heavy atom. The number of ether oxygens (including phenoxy) is 1. The third-order valence-corrected chi connectivity index (χ3v) is 10.0. The van der Waals surface area contributed by atoms with Gasteiger partial charge in [0.15, 0.2) is 17.6 Å². The van der Waals surface area contributed by atoms with Crippen LogP contribution in [0.4, 0.5) is 5.69 Å². The molecule has 5 aliphatic rings. The smallest absolute Gasteiger partial charge is 0.255 e. The quantitative estimate of drug-likeness (QED) is 0.374. The van der Waals surface area contributed by atoms with Gasteiger partial charge in [0.2, 0.25) is 0 Å². The highest BCUT2D eigenvalue weighted by atomic mass is 16.5. The van der Waals surface area contributed by atoms with Crippen molar-refractivity contribution >= 4 is 11.6 Å². The maximum atomic E-state index is 13.8. The van der Waals surface area contributed by atoms with Crippen LogP contribution in [0.1, 0.15) is 42.6 Å². The number of carbonyl (C=O) groups excluding carboxylic acids is 1. The van der Waals surface area contributed by atoms with E-state index in [0.29, 0.717) is 41.7 Å². The average molecular weight is 541 g/mol. The molecule has 0 radical (unpaired) electrons. The number of furan rings is 1. The number of nitrogens with zero attached hydrogens (tertiary/aromatic N) is 1. The zero-order chi connectivity index (χ0) is 27.4. The first kappa shape index (κ1) is 24.1. The van der Waals surface area contributed by atoms with Crippen LogP contribution in [0.5, 0.6) is 11.5 Å². The molecule has 2 aliphatic heterocycles. The minimum atomic E-state index is -1.35. The number of anilines is 1. The minimum absolute atomic E-state index is 0.00661. The molecule has 40 heavy (non-hydrogen) atoms. The molecule has 4 N–H and O–H groups in total. The Kier molecular flexibility index (Phi) is 4.90. The second-order valence-corrected chi connectivity index (χ2v) is 12.2. The van der Waals surface area contributed by atoms with E-state index in [4.69, 9.17) is 9.15 Å². The molecule has 2 fully saturated rings. The lowest BCUT2D eigenvalue weighted by Crippen LogP contribution is -2.75. The van der Waals surface area contributed by atoms with E-state index in [2.05, 4.69) is 10.2 Å². The topological polar surface area (TPSA) is 115 Å². The van der Waals surface area contributed by atoms with Gasteiger partial charge in [0.25, 0.3) is 5.91 Å². The fraction of sp³-hybridized carbons (Fsp3) is 0.406. The van der Waals surface area contributed by atoms with Crippen molar-refractivity contribution in [1.82, 2.24) is 4.90 Å². The normalized spacial score (nSPS) is 30.1. The van der Waals surface area contributed by atoms with E-state index in [0.717, 1.165) is 29.8 Å². The van der Waals surface area contributed by atoms with Gasteiger partial charge in [0.05, 0.1) is 22.3 Å². The molecule has 1 saturated heterocycles. The van der Waals surface area contributed by atoms with Crippen LogP contribution in [0.15, 0.2) is 64.3 Å². The molecular weight excluding hydrogens is 508 g/mol. The molecule has 206 valence electrons. The summed E-state index contributed by atoms with van der Waals surface area (Å²) in [6.07, 6.45) is 2.62. The fourth-order valence-electron chi connectivity index (χ4n) is 7.92. The van der Waals surface area contributed by atoms with Crippen molar-refractivity contribution in [3.8, 4) is 22.8 Å². The van der Waals surface area contributed by atoms with Gasteiger partial charge in [-0.3, -0.25) is 9.69 Å². The molecule has 1 spiro atoms. The van der Waals surface area contributed by atoms with Crippen LogP contribution in [-0.4, -0.2) is 57.0 Å². The molecule has 2 aromatic carbocycles. The zero-order valence-electron chi connectivity index (χ0n) is 22.3. The van der Waals surface area contributed by atoms with Gasteiger partial charge in [0, 0.05) is 36.2 Å². The van der Waals surface area contributed by atoms with Crippen LogP contribution in [0.2, 0.25) is 0 Å². The molecule has 3 aromatic rings. The molecule has 3 aliphatic carbocycles. The Morgan fingerprint density at radius 3 is 2.73 bits per heavy atom. The molecule has 8 rings (SSSR count). The van der Waals surface area contributed by atoms with Gasteiger partial charge in [-0.05, 0) is 56.7 Å². The van der Waals surface area contributed by atoms with Gasteiger partial charge in [-0.2, -0.15) is 0 Å². The first-order chi connectivity index (χ1) is 19.3. The van der Waals surface area contributed by atoms with Crippen LogP contribution < -0.4 is 10.1 Å². The van der Waals surface area contributed by atoms with Crippen molar-refractivity contribution in [2.45, 2.75) is 62.2 Å². The number of rotatable bonds is 5. The first-order valence-corrected chi connectivity index (χ1v) is 14.2. The maximum absolute atomic E-state index is 13.8. The number of carbonyl (C=O) groups is 1. The highest BCUT2D eigenvalue weighted by Crippen LogP contribution is 2.66. The molecule has 0 unspecified atom stereocenters. The lowest BCUT2D eigenvalue weighted by atomic mass is 9.49. The largest absolute Gasteiger partial charge is 0.508 e. The molecule has 1 aromatic heterocycles. The lowest BCUT2D eigenvalue weighted by molar-refractivity contribution is -0.172. The van der Waals surface area contributed by atoms with E-state index in [1.54, 1.807) is 19.1 Å². The van der Waals surface area contributed by atoms with Crippen molar-refractivity contribution in [2.75, 3.05) is 18.4 Å². The first-order valence-electron chi connectivity index (χ1n) is 14.2. The van der Waals surface area contributed by atoms with Gasteiger partial charge < -0.3 is 29.8 Å². The Morgan fingerprint density at radius 2 is 1.95 bits per heavy atom. The van der Waals surface area contributed by atoms with Crippen LogP contribution in [-0.2, 0) is 16.6 Å². The number of likely N-dealkylation sites (tertiary alicyclic amines) is 1. The summed E-state index contributed by atoms with van der Waals surface area (Å²) in [6, 6.07) is 14.7. The number of aryl methyl sites for hydroxylation is 1. The maximum Gasteiger partial charge on any atom is 0.255 e. The number of aliphatic hydroxyl groups excluding tert-OH is 1. The summed E-state index contributed by atoms with van der Waals surface area (Å²) < 4.78 is 12.2. The van der Waals surface area contributed by atoms with E-state index < -0.39 is 23.0 Å². The summed E-state index contributed by atoms with van der Waals surface area (Å²) in [5.41, 5.74) is 1.06. The summed E-state index contributed by atoms with van der Waals surface area (Å²) in [5, 5.41) is 38.1. The van der Waals surface area contributed by atoms with Crippen molar-refractivity contribution in [1.29, 1.82) is 0 Å². The summed E-state index contributed by atoms with van der Waals surface area (Å²) in [7, 11) is 0. The third kappa shape index (κ3) is 3.12. The van der Waals surface area contributed by atoms with Crippen LogP contribution in [0, 0.1) is 12.8 Å². The summed E-state index contributed by atoms with van der Waals surface area (Å²) >= 11 is 0. The van der Waals surface area contributed by atoms with E-state index in [9.17, 15) is 20.1 Å². The number of amides is 1. The van der Waals surface area contributed by atoms with Crippen LogP contribution in [0.25, 0.3) is 11.3 Å². The summed E-state index contributed by atoms with van der Waals surface area (Å²) in [6.45, 7) is 3.47. The number of benzene rings is 2. The molecule has 1 saturated carbocycles. The van der Waals surface area contributed by atoms with Crippen molar-refractivity contribution in [2.24, 2.45) is 5.92 Å². The third-order valence-electron chi connectivity index (χ3n) is 10.0. The standard InChI is InChI=1S/C32H32N2O6/c1-17-22(14-24(39-17)19-5-3-2-4-6-19)33-30(37)21-15-32(38)25-13-20-9-10-23(35)28-26(20)31(32,29(40-28)27(21)36)11-12-34(25)16-18-7-8-18/h2-6,9-10,14,18,25,29,35-36,38H,7-8,11-13,15-16H2,1H3,(H,33,37)/t25-,29+,31+,32-/m1/s1. The number of phenols is 1. The van der Waals surface area contributed by atoms with Gasteiger partial charge in [-0.15, -0.1) is 0 Å². The van der Waals surface area contributed by atoms with Gasteiger partial charge in [0.1, 0.15) is 17.3 Å². The Balaban J connectivity index is 1.20. The number of hydrogen-bond donors (Lipinski definition) is 4. The van der Waals surface area contributed by atoms with Crippen molar-refractivity contribution < 1.29 is 29.3 Å². The Labute approximate surface area is 231 Å². The van der Waals surface area contributed by atoms with E-state index >= 15 is 0 Å². The molecule has 1 amide bonds. The van der Waals surface area contributed by atoms with Crippen molar-refractivity contribution in [3.63, 3.8) is 0 Å². The molecule has 8 heteroatoms. The SMILES string of the molecule is Cc1oc(-c2ccccc2)cc1NC(=O)C1=C(O)[C@@H]2Oc3c(O)ccc4c3[C@@]23CCN(CC2CC2)[C@H](C4)[C@]3(O)C1. The molecular formula is C32H32N2O6. The molecule has 3 heterocycles. The Hall–Kier alpha value is -3.75. The number of nitrogens with one attached hydrogen (secondary N) is 1. The number of aliphatic hydroxyl groups is 2. The predicted octanol–water partition coefficient (Wildman–Crippen LogP) is 4.59. The monoisotopic (exact) mass is 540 g/mol. The predicted molar refractivity (Wildman–Crippen MR) is 147 cm³/mol. The van der Waals surface area contributed by atoms with Gasteiger partial charge in [-0.25, -0.2) is 0 Å².